The van der Waals surface area contributed by atoms with Crippen molar-refractivity contribution in [2.24, 2.45) is 0 Å². The van der Waals surface area contributed by atoms with E-state index in [-0.39, 0.29) is 5.91 Å². The van der Waals surface area contributed by atoms with Crippen molar-refractivity contribution in [2.75, 3.05) is 61.8 Å². The number of ether oxygens (including phenoxy) is 1. The van der Waals surface area contributed by atoms with Gasteiger partial charge < -0.3 is 14.5 Å². The maximum Gasteiger partial charge on any atom is 0.232 e. The SMILES string of the molecule is O=C(CI)N1CCN(Cc2nc3nc(-c4cccc5[nH]ncc45)nc(N4CCOCC4)c3s2)CC1. The van der Waals surface area contributed by atoms with Gasteiger partial charge in [0, 0.05) is 50.2 Å². The smallest absolute Gasteiger partial charge is 0.232 e. The zero-order chi connectivity index (χ0) is 23.8. The van der Waals surface area contributed by atoms with Crippen LogP contribution in [0, 0.1) is 0 Å². The highest BCUT2D eigenvalue weighted by atomic mass is 127. The molecule has 6 rings (SSSR count). The molecular formula is C23H25IN8O2S. The van der Waals surface area contributed by atoms with Crippen molar-refractivity contribution in [1.29, 1.82) is 0 Å². The number of aromatic amines is 1. The van der Waals surface area contributed by atoms with Gasteiger partial charge in [-0.1, -0.05) is 34.7 Å². The van der Waals surface area contributed by atoms with Gasteiger partial charge >= 0.3 is 0 Å². The van der Waals surface area contributed by atoms with E-state index in [1.165, 1.54) is 0 Å². The molecule has 1 N–H and O–H groups in total. The first-order chi connectivity index (χ1) is 17.2. The van der Waals surface area contributed by atoms with Gasteiger partial charge in [0.2, 0.25) is 5.91 Å². The van der Waals surface area contributed by atoms with Gasteiger partial charge in [0.15, 0.2) is 17.3 Å². The minimum atomic E-state index is 0.218. The van der Waals surface area contributed by atoms with Gasteiger partial charge in [0.05, 0.1) is 35.9 Å². The third-order valence-corrected chi connectivity index (χ3v) is 8.19. The number of piperazine rings is 1. The third kappa shape index (κ3) is 4.59. The van der Waals surface area contributed by atoms with E-state index in [0.29, 0.717) is 23.5 Å². The van der Waals surface area contributed by atoms with Crippen LogP contribution in [0.4, 0.5) is 5.82 Å². The van der Waals surface area contributed by atoms with E-state index in [0.717, 1.165) is 83.5 Å². The van der Waals surface area contributed by atoms with Gasteiger partial charge in [-0.15, -0.1) is 11.3 Å². The lowest BCUT2D eigenvalue weighted by Gasteiger charge is -2.33. The number of anilines is 1. The second-order valence-corrected chi connectivity index (χ2v) is 10.5. The number of amides is 1. The molecule has 0 saturated carbocycles. The van der Waals surface area contributed by atoms with Crippen LogP contribution in [0.2, 0.25) is 0 Å². The quantitative estimate of drug-likeness (QED) is 0.274. The molecule has 12 heteroatoms. The Bertz CT molecular complexity index is 1360. The zero-order valence-corrected chi connectivity index (χ0v) is 22.1. The van der Waals surface area contributed by atoms with Crippen molar-refractivity contribution in [3.63, 3.8) is 0 Å². The summed E-state index contributed by atoms with van der Waals surface area (Å²) in [4.78, 5) is 33.5. The number of H-pyrrole nitrogens is 1. The van der Waals surface area contributed by atoms with Crippen LogP contribution in [0.15, 0.2) is 24.4 Å². The Morgan fingerprint density at radius 1 is 1.09 bits per heavy atom. The van der Waals surface area contributed by atoms with Crippen molar-refractivity contribution in [1.82, 2.24) is 34.9 Å². The molecule has 3 aromatic heterocycles. The number of aromatic nitrogens is 5. The van der Waals surface area contributed by atoms with Crippen LogP contribution >= 0.6 is 33.9 Å². The van der Waals surface area contributed by atoms with Crippen LogP contribution in [-0.2, 0) is 16.1 Å². The first-order valence-corrected chi connectivity index (χ1v) is 14.0. The average molecular weight is 604 g/mol. The topological polar surface area (TPSA) is 103 Å². The number of carbonyl (C=O) groups is 1. The zero-order valence-electron chi connectivity index (χ0n) is 19.1. The molecule has 0 bridgehead atoms. The summed E-state index contributed by atoms with van der Waals surface area (Å²) in [6.07, 6.45) is 1.82. The Morgan fingerprint density at radius 2 is 1.91 bits per heavy atom. The first-order valence-electron chi connectivity index (χ1n) is 11.7. The molecule has 0 atom stereocenters. The lowest BCUT2D eigenvalue weighted by atomic mass is 10.1. The van der Waals surface area contributed by atoms with Gasteiger partial charge in [0.25, 0.3) is 0 Å². The Kier molecular flexibility index (Phi) is 6.52. The predicted molar refractivity (Wildman–Crippen MR) is 144 cm³/mol. The fourth-order valence-corrected chi connectivity index (χ4v) is 6.17. The second-order valence-electron chi connectivity index (χ2n) is 8.66. The monoisotopic (exact) mass is 604 g/mol. The molecule has 2 saturated heterocycles. The number of morpholine rings is 1. The Morgan fingerprint density at radius 3 is 2.71 bits per heavy atom. The number of carbonyl (C=O) groups excluding carboxylic acids is 1. The molecular weight excluding hydrogens is 579 g/mol. The van der Waals surface area contributed by atoms with E-state index in [2.05, 4.69) is 42.6 Å². The van der Waals surface area contributed by atoms with Crippen LogP contribution in [0.3, 0.4) is 0 Å². The molecule has 35 heavy (non-hydrogen) atoms. The molecule has 10 nitrogen and oxygen atoms in total. The summed E-state index contributed by atoms with van der Waals surface area (Å²) in [7, 11) is 0. The number of rotatable bonds is 5. The number of nitrogens with one attached hydrogen (secondary N) is 1. The number of fused-ring (bicyclic) bond motifs is 2. The summed E-state index contributed by atoms with van der Waals surface area (Å²) in [5.74, 6) is 1.81. The summed E-state index contributed by atoms with van der Waals surface area (Å²) < 4.78 is 7.14. The van der Waals surface area contributed by atoms with Crippen LogP contribution in [0.1, 0.15) is 5.01 Å². The number of hydrogen-bond donors (Lipinski definition) is 1. The lowest BCUT2D eigenvalue weighted by molar-refractivity contribution is -0.129. The number of thiazole rings is 1. The maximum absolute atomic E-state index is 12.0. The van der Waals surface area contributed by atoms with Gasteiger partial charge in [-0.3, -0.25) is 14.8 Å². The average Bonchev–Trinajstić information content (AvgIpc) is 3.55. The summed E-state index contributed by atoms with van der Waals surface area (Å²) in [6.45, 7) is 6.95. The van der Waals surface area contributed by atoms with E-state index >= 15 is 0 Å². The third-order valence-electron chi connectivity index (χ3n) is 6.51. The van der Waals surface area contributed by atoms with Crippen molar-refractivity contribution in [2.45, 2.75) is 6.54 Å². The first kappa shape index (κ1) is 23.0. The van der Waals surface area contributed by atoms with E-state index in [1.807, 2.05) is 29.3 Å². The van der Waals surface area contributed by atoms with Crippen molar-refractivity contribution in [3.05, 3.63) is 29.4 Å². The summed E-state index contributed by atoms with van der Waals surface area (Å²) in [5, 5.41) is 9.25. The molecule has 0 spiro atoms. The van der Waals surface area contributed by atoms with Crippen LogP contribution in [0.25, 0.3) is 32.6 Å². The second kappa shape index (κ2) is 9.91. The fourth-order valence-electron chi connectivity index (χ4n) is 4.62. The molecule has 4 aromatic rings. The van der Waals surface area contributed by atoms with Gasteiger partial charge in [-0.25, -0.2) is 15.0 Å². The number of benzene rings is 1. The summed E-state index contributed by atoms with van der Waals surface area (Å²) in [6, 6.07) is 6.03. The normalized spacial score (nSPS) is 17.5. The summed E-state index contributed by atoms with van der Waals surface area (Å²) in [5.41, 5.74) is 2.63. The molecule has 1 aromatic carbocycles. The highest BCUT2D eigenvalue weighted by Gasteiger charge is 2.24. The van der Waals surface area contributed by atoms with Crippen LogP contribution < -0.4 is 4.90 Å². The lowest BCUT2D eigenvalue weighted by Crippen LogP contribution is -2.48. The largest absolute Gasteiger partial charge is 0.378 e. The van der Waals surface area contributed by atoms with Crippen LogP contribution in [0.5, 0.6) is 0 Å². The molecule has 182 valence electrons. The predicted octanol–water partition coefficient (Wildman–Crippen LogP) is 2.55. The van der Waals surface area contributed by atoms with E-state index < -0.39 is 0 Å². The van der Waals surface area contributed by atoms with Gasteiger partial charge in [-0.05, 0) is 6.07 Å². The number of nitrogens with zero attached hydrogens (tertiary/aromatic N) is 7. The molecule has 0 unspecified atom stereocenters. The minimum Gasteiger partial charge on any atom is -0.378 e. The number of hydrogen-bond acceptors (Lipinski definition) is 9. The fraction of sp³-hybridized carbons (Fsp3) is 0.435. The Balaban J connectivity index is 1.34. The maximum atomic E-state index is 12.0. The van der Waals surface area contributed by atoms with E-state index in [4.69, 9.17) is 19.7 Å². The molecule has 1 amide bonds. The molecule has 2 aliphatic heterocycles. The summed E-state index contributed by atoms with van der Waals surface area (Å²) >= 11 is 3.81. The van der Waals surface area contributed by atoms with Gasteiger partial charge in [0.1, 0.15) is 9.71 Å². The van der Waals surface area contributed by atoms with E-state index in [9.17, 15) is 4.79 Å². The highest BCUT2D eigenvalue weighted by Crippen LogP contribution is 2.34. The molecule has 0 aliphatic carbocycles. The Labute approximate surface area is 219 Å². The standard InChI is InChI=1S/C23H25IN8O2S/c24-12-19(33)31-6-4-30(5-7-31)14-18-26-22-20(35-18)23(32-8-10-34-11-9-32)28-21(27-22)15-2-1-3-17-16(15)13-25-29-17/h1-3,13H,4-12,14H2,(H,25,29). The van der Waals surface area contributed by atoms with Crippen molar-refractivity contribution < 1.29 is 9.53 Å². The minimum absolute atomic E-state index is 0.218. The van der Waals surface area contributed by atoms with Crippen LogP contribution in [-0.4, -0.2) is 97.8 Å². The Hall–Kier alpha value is -2.42. The number of alkyl halides is 1. The molecule has 2 aliphatic rings. The van der Waals surface area contributed by atoms with E-state index in [1.54, 1.807) is 11.3 Å². The molecule has 5 heterocycles. The van der Waals surface area contributed by atoms with Gasteiger partial charge in [-0.2, -0.15) is 5.10 Å². The number of halogens is 1. The van der Waals surface area contributed by atoms with Crippen molar-refractivity contribution >= 4 is 66.9 Å². The molecule has 2 fully saturated rings. The molecule has 0 radical (unpaired) electrons. The highest BCUT2D eigenvalue weighted by molar-refractivity contribution is 14.1. The van der Waals surface area contributed by atoms with Crippen molar-refractivity contribution in [3.8, 4) is 11.4 Å².